The fourth-order valence-electron chi connectivity index (χ4n) is 2.18. The molecular weight excluding hydrogens is 260 g/mol. The first kappa shape index (κ1) is 16.6. The van der Waals surface area contributed by atoms with E-state index in [2.05, 4.69) is 43.3 Å². The van der Waals surface area contributed by atoms with Crippen LogP contribution in [0.3, 0.4) is 0 Å². The lowest BCUT2D eigenvalue weighted by atomic mass is 9.93. The summed E-state index contributed by atoms with van der Waals surface area (Å²) in [5.74, 6) is 0. The number of likely N-dealkylation sites (N-methyl/N-ethyl adjacent to an activating group) is 1. The molecule has 0 aromatic carbocycles. The van der Waals surface area contributed by atoms with Gasteiger partial charge in [-0.15, -0.1) is 11.3 Å². The Bertz CT molecular complexity index is 354. The molecule has 0 spiro atoms. The van der Waals surface area contributed by atoms with Crippen LogP contribution in [-0.2, 0) is 9.47 Å². The average Bonchev–Trinajstić information content (AvgIpc) is 2.96. The molecule has 0 fully saturated rings. The smallest absolute Gasteiger partial charge is 0.158 e. The maximum atomic E-state index is 6.01. The first-order chi connectivity index (χ1) is 8.98. The summed E-state index contributed by atoms with van der Waals surface area (Å²) in [5.41, 5.74) is 5.84. The number of thiophene rings is 1. The molecule has 0 aliphatic rings. The number of hydrogen-bond acceptors (Lipinski definition) is 5. The van der Waals surface area contributed by atoms with E-state index in [-0.39, 0.29) is 11.8 Å². The van der Waals surface area contributed by atoms with Gasteiger partial charge < -0.3 is 15.2 Å². The van der Waals surface area contributed by atoms with Crippen LogP contribution in [0, 0.1) is 0 Å². The van der Waals surface area contributed by atoms with Crippen LogP contribution in [0.25, 0.3) is 0 Å². The summed E-state index contributed by atoms with van der Waals surface area (Å²) < 4.78 is 10.6. The molecule has 0 bridgehead atoms. The van der Waals surface area contributed by atoms with Gasteiger partial charge in [0.05, 0.1) is 0 Å². The summed E-state index contributed by atoms with van der Waals surface area (Å²) in [7, 11) is 5.43. The zero-order valence-electron chi connectivity index (χ0n) is 12.6. The largest absolute Gasteiger partial charge is 0.356 e. The van der Waals surface area contributed by atoms with Crippen molar-refractivity contribution in [2.45, 2.75) is 38.1 Å². The number of nitrogens with two attached hydrogens (primary N) is 1. The van der Waals surface area contributed by atoms with E-state index in [0.29, 0.717) is 12.6 Å². The van der Waals surface area contributed by atoms with Gasteiger partial charge in [0, 0.05) is 43.6 Å². The van der Waals surface area contributed by atoms with E-state index in [9.17, 15) is 0 Å². The molecule has 1 heterocycles. The van der Waals surface area contributed by atoms with Crippen molar-refractivity contribution in [2.75, 3.05) is 27.8 Å². The highest BCUT2D eigenvalue weighted by molar-refractivity contribution is 7.10. The van der Waals surface area contributed by atoms with Crippen molar-refractivity contribution in [1.82, 2.24) is 4.90 Å². The van der Waals surface area contributed by atoms with Crippen LogP contribution in [0.2, 0.25) is 0 Å². The molecule has 0 aliphatic heterocycles. The molecule has 1 rings (SSSR count). The summed E-state index contributed by atoms with van der Waals surface area (Å²) in [6.07, 6.45) is 0.509. The zero-order valence-corrected chi connectivity index (χ0v) is 13.4. The normalized spacial score (nSPS) is 16.8. The van der Waals surface area contributed by atoms with Crippen molar-refractivity contribution in [3.05, 3.63) is 22.4 Å². The van der Waals surface area contributed by atoms with E-state index in [4.69, 9.17) is 15.2 Å². The fraction of sp³-hybridized carbons (Fsp3) is 0.714. The van der Waals surface area contributed by atoms with Gasteiger partial charge in [-0.25, -0.2) is 0 Å². The number of rotatable bonds is 8. The number of hydrogen-bond donors (Lipinski definition) is 1. The van der Waals surface area contributed by atoms with Crippen molar-refractivity contribution in [3.8, 4) is 0 Å². The predicted molar refractivity (Wildman–Crippen MR) is 80.4 cm³/mol. The van der Waals surface area contributed by atoms with Crippen LogP contribution < -0.4 is 5.73 Å². The van der Waals surface area contributed by atoms with Crippen LogP contribution in [0.15, 0.2) is 17.5 Å². The van der Waals surface area contributed by atoms with E-state index in [1.807, 2.05) is 0 Å². The average molecular weight is 286 g/mol. The molecule has 4 nitrogen and oxygen atoms in total. The Labute approximate surface area is 120 Å². The van der Waals surface area contributed by atoms with Crippen LogP contribution in [-0.4, -0.2) is 44.5 Å². The third kappa shape index (κ3) is 4.00. The molecule has 0 saturated heterocycles. The zero-order chi connectivity index (χ0) is 14.5. The minimum absolute atomic E-state index is 0.167. The topological polar surface area (TPSA) is 47.7 Å². The van der Waals surface area contributed by atoms with E-state index in [1.54, 1.807) is 25.6 Å². The van der Waals surface area contributed by atoms with Crippen LogP contribution in [0.4, 0.5) is 0 Å². The first-order valence-corrected chi connectivity index (χ1v) is 7.38. The van der Waals surface area contributed by atoms with Crippen LogP contribution >= 0.6 is 11.3 Å². The minimum atomic E-state index is -0.230. The quantitative estimate of drug-likeness (QED) is 0.746. The molecule has 110 valence electrons. The van der Waals surface area contributed by atoms with E-state index >= 15 is 0 Å². The van der Waals surface area contributed by atoms with Crippen LogP contribution in [0.1, 0.15) is 31.2 Å². The summed E-state index contributed by atoms with van der Waals surface area (Å²) in [6.45, 7) is 4.92. The lowest BCUT2D eigenvalue weighted by molar-refractivity contribution is -0.129. The summed E-state index contributed by atoms with van der Waals surface area (Å²) >= 11 is 1.77. The second-order valence-electron chi connectivity index (χ2n) is 5.11. The fourth-order valence-corrected chi connectivity index (χ4v) is 3.01. The number of nitrogens with zero attached hydrogens (tertiary/aromatic N) is 1. The second-order valence-corrected chi connectivity index (χ2v) is 6.09. The van der Waals surface area contributed by atoms with E-state index < -0.39 is 0 Å². The monoisotopic (exact) mass is 286 g/mol. The minimum Gasteiger partial charge on any atom is -0.356 e. The van der Waals surface area contributed by atoms with E-state index in [0.717, 1.165) is 6.42 Å². The predicted octanol–water partition coefficient (Wildman–Crippen LogP) is 2.47. The van der Waals surface area contributed by atoms with Gasteiger partial charge in [-0.1, -0.05) is 6.07 Å². The summed E-state index contributed by atoms with van der Waals surface area (Å²) in [4.78, 5) is 3.65. The highest BCUT2D eigenvalue weighted by Crippen LogP contribution is 2.31. The number of methoxy groups -OCH3 is 2. The lowest BCUT2D eigenvalue weighted by Gasteiger charge is -2.42. The Morgan fingerprint density at radius 1 is 1.42 bits per heavy atom. The Balaban J connectivity index is 2.82. The van der Waals surface area contributed by atoms with Crippen molar-refractivity contribution in [3.63, 3.8) is 0 Å². The number of ether oxygens (including phenoxy) is 2. The highest BCUT2D eigenvalue weighted by Gasteiger charge is 2.34. The first-order valence-electron chi connectivity index (χ1n) is 6.50. The van der Waals surface area contributed by atoms with Gasteiger partial charge in [0.2, 0.25) is 0 Å². The SMILES string of the molecule is COC(CC(C)(CN)N(C)C(C)c1cccs1)OC. The van der Waals surface area contributed by atoms with Gasteiger partial charge in [0.1, 0.15) is 0 Å². The maximum Gasteiger partial charge on any atom is 0.158 e. The summed E-state index contributed by atoms with van der Waals surface area (Å²) in [6, 6.07) is 4.56. The van der Waals surface area contributed by atoms with Gasteiger partial charge >= 0.3 is 0 Å². The van der Waals surface area contributed by atoms with Crippen molar-refractivity contribution in [1.29, 1.82) is 0 Å². The third-order valence-electron chi connectivity index (χ3n) is 3.96. The van der Waals surface area contributed by atoms with Gasteiger partial charge in [0.15, 0.2) is 6.29 Å². The molecule has 1 aromatic heterocycles. The van der Waals surface area contributed by atoms with Gasteiger partial charge in [-0.2, -0.15) is 0 Å². The van der Waals surface area contributed by atoms with Gasteiger partial charge in [-0.05, 0) is 32.3 Å². The van der Waals surface area contributed by atoms with Crippen molar-refractivity contribution < 1.29 is 9.47 Å². The maximum absolute atomic E-state index is 6.01. The molecule has 2 N–H and O–H groups in total. The standard InChI is InChI=1S/C14H26N2O2S/c1-11(12-7-6-8-19-12)16(3)14(2,10-15)9-13(17-4)18-5/h6-8,11,13H,9-10,15H2,1-5H3. The molecule has 19 heavy (non-hydrogen) atoms. The molecule has 0 aliphatic carbocycles. The summed E-state index contributed by atoms with van der Waals surface area (Å²) in [5, 5.41) is 2.10. The molecule has 5 heteroatoms. The molecular formula is C14H26N2O2S. The molecule has 0 radical (unpaired) electrons. The van der Waals surface area contributed by atoms with Gasteiger partial charge in [0.25, 0.3) is 0 Å². The molecule has 2 unspecified atom stereocenters. The Morgan fingerprint density at radius 3 is 2.47 bits per heavy atom. The van der Waals surface area contributed by atoms with E-state index in [1.165, 1.54) is 4.88 Å². The molecule has 0 amide bonds. The van der Waals surface area contributed by atoms with Gasteiger partial charge in [-0.3, -0.25) is 4.90 Å². The van der Waals surface area contributed by atoms with Crippen LogP contribution in [0.5, 0.6) is 0 Å². The Kier molecular flexibility index (Phi) is 6.42. The molecule has 0 saturated carbocycles. The Hall–Kier alpha value is -0.460. The lowest BCUT2D eigenvalue weighted by Crippen LogP contribution is -2.52. The molecule has 1 aromatic rings. The molecule has 2 atom stereocenters. The third-order valence-corrected chi connectivity index (χ3v) is 5.00. The second kappa shape index (κ2) is 7.36. The highest BCUT2D eigenvalue weighted by atomic mass is 32.1. The Morgan fingerprint density at radius 2 is 2.05 bits per heavy atom. The van der Waals surface area contributed by atoms with Crippen molar-refractivity contribution >= 4 is 11.3 Å². The van der Waals surface area contributed by atoms with Crippen molar-refractivity contribution in [2.24, 2.45) is 5.73 Å².